The normalized spacial score (nSPS) is 27.2. The van der Waals surface area contributed by atoms with Crippen LogP contribution in [0.5, 0.6) is 0 Å². The predicted molar refractivity (Wildman–Crippen MR) is 66.8 cm³/mol. The van der Waals surface area contributed by atoms with Crippen molar-refractivity contribution in [2.75, 3.05) is 11.5 Å². The van der Waals surface area contributed by atoms with E-state index in [2.05, 4.69) is 0 Å². The van der Waals surface area contributed by atoms with Crippen LogP contribution in [0.2, 0.25) is 0 Å². The van der Waals surface area contributed by atoms with Gasteiger partial charge >= 0.3 is 0 Å². The first-order chi connectivity index (χ1) is 8.22. The number of rotatable bonds is 2. The molecule has 0 aromatic heterocycles. The minimum absolute atomic E-state index is 0.0502. The van der Waals surface area contributed by atoms with Crippen molar-refractivity contribution in [1.82, 2.24) is 0 Å². The van der Waals surface area contributed by atoms with Crippen LogP contribution in [-0.2, 0) is 19.7 Å². The van der Waals surface area contributed by atoms with Crippen LogP contribution in [0.15, 0.2) is 29.2 Å². The summed E-state index contributed by atoms with van der Waals surface area (Å²) in [6.07, 6.45) is -1.35. The molecule has 0 saturated carbocycles. The highest BCUT2D eigenvalue weighted by Gasteiger charge is 2.44. The van der Waals surface area contributed by atoms with Crippen LogP contribution in [0.25, 0.3) is 0 Å². The molecular weight excluding hydrogens is 276 g/mol. The van der Waals surface area contributed by atoms with Gasteiger partial charge in [-0.3, -0.25) is 0 Å². The number of aliphatic hydroxyl groups is 1. The smallest absolute Gasteiger partial charge is 0.184 e. The van der Waals surface area contributed by atoms with Gasteiger partial charge in [-0.05, 0) is 19.1 Å². The van der Waals surface area contributed by atoms with Crippen molar-refractivity contribution in [3.63, 3.8) is 0 Å². The Morgan fingerprint density at radius 1 is 1.17 bits per heavy atom. The van der Waals surface area contributed by atoms with Gasteiger partial charge in [0.25, 0.3) is 0 Å². The number of hydrogen-bond donors (Lipinski definition) is 1. The van der Waals surface area contributed by atoms with Crippen molar-refractivity contribution in [3.05, 3.63) is 29.8 Å². The van der Waals surface area contributed by atoms with Crippen molar-refractivity contribution in [1.29, 1.82) is 0 Å². The first-order valence-electron chi connectivity index (χ1n) is 5.41. The van der Waals surface area contributed by atoms with Gasteiger partial charge in [0.1, 0.15) is 5.25 Å². The van der Waals surface area contributed by atoms with E-state index in [-0.39, 0.29) is 4.90 Å². The SMILES string of the molecule is Cc1ccc(S(=O)(=O)[C@@H]2CS(=O)(=O)C[C@@H]2O)cc1. The zero-order chi connectivity index (χ0) is 13.6. The van der Waals surface area contributed by atoms with E-state index in [1.165, 1.54) is 12.1 Å². The molecule has 1 aromatic rings. The van der Waals surface area contributed by atoms with E-state index in [0.717, 1.165) is 5.56 Å². The van der Waals surface area contributed by atoms with Crippen LogP contribution in [0, 0.1) is 6.92 Å². The summed E-state index contributed by atoms with van der Waals surface area (Å²) in [5.74, 6) is -0.993. The van der Waals surface area contributed by atoms with Gasteiger partial charge in [-0.1, -0.05) is 17.7 Å². The van der Waals surface area contributed by atoms with Crippen LogP contribution < -0.4 is 0 Å². The molecule has 1 saturated heterocycles. The van der Waals surface area contributed by atoms with Gasteiger partial charge in [-0.15, -0.1) is 0 Å². The molecule has 2 atom stereocenters. The standard InChI is InChI=1S/C11H14O5S2/c1-8-2-4-9(5-3-8)18(15,16)11-7-17(13,14)6-10(11)12/h2-5,10-12H,6-7H2,1H3/t10-,11+/m0/s1. The maximum atomic E-state index is 12.2. The Labute approximate surface area is 106 Å². The Morgan fingerprint density at radius 2 is 1.72 bits per heavy atom. The van der Waals surface area contributed by atoms with Crippen LogP contribution in [-0.4, -0.2) is 44.8 Å². The molecule has 7 heteroatoms. The van der Waals surface area contributed by atoms with E-state index in [0.29, 0.717) is 0 Å². The Balaban J connectivity index is 2.41. The molecule has 1 aromatic carbocycles. The fraction of sp³-hybridized carbons (Fsp3) is 0.455. The topological polar surface area (TPSA) is 88.5 Å². The summed E-state index contributed by atoms with van der Waals surface area (Å²) in [7, 11) is -7.28. The molecule has 5 nitrogen and oxygen atoms in total. The maximum Gasteiger partial charge on any atom is 0.184 e. The number of benzene rings is 1. The second kappa shape index (κ2) is 4.32. The van der Waals surface area contributed by atoms with Crippen LogP contribution in [0.1, 0.15) is 5.56 Å². The molecule has 0 unspecified atom stereocenters. The summed E-state index contributed by atoms with van der Waals surface area (Å²) in [5.41, 5.74) is 0.911. The van der Waals surface area contributed by atoms with Crippen molar-refractivity contribution < 1.29 is 21.9 Å². The van der Waals surface area contributed by atoms with E-state index in [1.54, 1.807) is 12.1 Å². The highest BCUT2D eigenvalue weighted by Crippen LogP contribution is 2.25. The molecule has 1 N–H and O–H groups in total. The molecule has 1 aliphatic rings. The zero-order valence-electron chi connectivity index (χ0n) is 9.78. The summed E-state index contributed by atoms with van der Waals surface area (Å²) in [6.45, 7) is 1.82. The molecule has 0 radical (unpaired) electrons. The lowest BCUT2D eigenvalue weighted by atomic mass is 10.2. The largest absolute Gasteiger partial charge is 0.391 e. The molecule has 0 aliphatic carbocycles. The van der Waals surface area contributed by atoms with E-state index >= 15 is 0 Å². The molecule has 18 heavy (non-hydrogen) atoms. The molecule has 1 aliphatic heterocycles. The zero-order valence-corrected chi connectivity index (χ0v) is 11.4. The maximum absolute atomic E-state index is 12.2. The fourth-order valence-corrected chi connectivity index (χ4v) is 6.44. The second-order valence-electron chi connectivity index (χ2n) is 4.54. The van der Waals surface area contributed by atoms with Gasteiger partial charge in [0.2, 0.25) is 0 Å². The lowest BCUT2D eigenvalue weighted by molar-refractivity contribution is 0.204. The van der Waals surface area contributed by atoms with E-state index in [4.69, 9.17) is 0 Å². The lowest BCUT2D eigenvalue weighted by Crippen LogP contribution is -2.32. The average Bonchev–Trinajstić information content (AvgIpc) is 2.53. The summed E-state index contributed by atoms with van der Waals surface area (Å²) in [5, 5.41) is 8.36. The Hall–Kier alpha value is -0.920. The summed E-state index contributed by atoms with van der Waals surface area (Å²) in [4.78, 5) is 0.0502. The highest BCUT2D eigenvalue weighted by molar-refractivity contribution is 7.96. The summed E-state index contributed by atoms with van der Waals surface area (Å²) in [6, 6.07) is 6.15. The van der Waals surface area contributed by atoms with Crippen molar-refractivity contribution in [2.45, 2.75) is 23.2 Å². The highest BCUT2D eigenvalue weighted by atomic mass is 32.2. The van der Waals surface area contributed by atoms with E-state index in [1.807, 2.05) is 6.92 Å². The summed E-state index contributed by atoms with van der Waals surface area (Å²) >= 11 is 0. The van der Waals surface area contributed by atoms with E-state index in [9.17, 15) is 21.9 Å². The number of sulfone groups is 2. The number of aliphatic hydroxyl groups excluding tert-OH is 1. The van der Waals surface area contributed by atoms with Crippen molar-refractivity contribution >= 4 is 19.7 Å². The van der Waals surface area contributed by atoms with Gasteiger partial charge < -0.3 is 5.11 Å². The molecule has 2 rings (SSSR count). The van der Waals surface area contributed by atoms with Gasteiger partial charge in [0, 0.05) is 0 Å². The quantitative estimate of drug-likeness (QED) is 0.823. The van der Waals surface area contributed by atoms with E-state index < -0.39 is 42.5 Å². The van der Waals surface area contributed by atoms with Crippen LogP contribution in [0.3, 0.4) is 0 Å². The Bertz CT molecular complexity index is 643. The van der Waals surface area contributed by atoms with Crippen LogP contribution >= 0.6 is 0 Å². The average molecular weight is 290 g/mol. The van der Waals surface area contributed by atoms with Gasteiger partial charge in [-0.25, -0.2) is 16.8 Å². The summed E-state index contributed by atoms with van der Waals surface area (Å²) < 4.78 is 47.2. The number of aryl methyl sites for hydroxylation is 1. The molecule has 1 heterocycles. The van der Waals surface area contributed by atoms with Crippen molar-refractivity contribution in [2.24, 2.45) is 0 Å². The third-order valence-electron chi connectivity index (χ3n) is 3.02. The monoisotopic (exact) mass is 290 g/mol. The molecule has 0 bridgehead atoms. The fourth-order valence-electron chi connectivity index (χ4n) is 2.00. The number of hydrogen-bond acceptors (Lipinski definition) is 5. The van der Waals surface area contributed by atoms with Gasteiger partial charge in [-0.2, -0.15) is 0 Å². The van der Waals surface area contributed by atoms with Gasteiger partial charge in [0.05, 0.1) is 22.5 Å². The molecule has 0 spiro atoms. The third-order valence-corrected chi connectivity index (χ3v) is 7.15. The first-order valence-corrected chi connectivity index (χ1v) is 8.78. The third kappa shape index (κ3) is 2.43. The Kier molecular flexibility index (Phi) is 3.25. The van der Waals surface area contributed by atoms with Crippen LogP contribution in [0.4, 0.5) is 0 Å². The molecule has 1 fully saturated rings. The molecule has 0 amide bonds. The minimum atomic E-state index is -3.80. The predicted octanol–water partition coefficient (Wildman–Crippen LogP) is -0.0734. The van der Waals surface area contributed by atoms with Gasteiger partial charge in [0.15, 0.2) is 19.7 Å². The van der Waals surface area contributed by atoms with Crippen molar-refractivity contribution in [3.8, 4) is 0 Å². The molecular formula is C11H14O5S2. The lowest BCUT2D eigenvalue weighted by Gasteiger charge is -2.13. The Morgan fingerprint density at radius 3 is 2.17 bits per heavy atom. The molecule has 100 valence electrons. The minimum Gasteiger partial charge on any atom is -0.391 e. The second-order valence-corrected chi connectivity index (χ2v) is 8.86. The first kappa shape index (κ1) is 13.5.